The topological polar surface area (TPSA) is 24.9 Å². The minimum absolute atomic E-state index is 0.127. The van der Waals surface area contributed by atoms with E-state index in [0.29, 0.717) is 0 Å². The van der Waals surface area contributed by atoms with Crippen molar-refractivity contribution in [2.45, 2.75) is 19.9 Å². The van der Waals surface area contributed by atoms with Gasteiger partial charge in [0, 0.05) is 11.7 Å². The summed E-state index contributed by atoms with van der Waals surface area (Å²) in [6.07, 6.45) is 0. The Bertz CT molecular complexity index is 734. The van der Waals surface area contributed by atoms with Crippen LogP contribution in [0.2, 0.25) is 0 Å². The van der Waals surface area contributed by atoms with Crippen LogP contribution in [0.4, 0.5) is 10.1 Å². The van der Waals surface area contributed by atoms with Gasteiger partial charge in [-0.1, -0.05) is 12.1 Å². The van der Waals surface area contributed by atoms with Gasteiger partial charge in [-0.3, -0.25) is 0 Å². The first-order valence-corrected chi connectivity index (χ1v) is 7.33. The number of hydrogen-bond acceptors (Lipinski definition) is 3. The van der Waals surface area contributed by atoms with Gasteiger partial charge in [-0.05, 0) is 49.7 Å². The molecule has 1 aromatic heterocycles. The second kappa shape index (κ2) is 5.21. The van der Waals surface area contributed by atoms with Crippen LogP contribution in [-0.4, -0.2) is 4.98 Å². The standard InChI is InChI=1S/C16H15FN2S/c1-10(12-3-5-13(17)6-4-12)18-14-7-8-15-16(9-14)20-11(2)19-15/h3-10,18H,1-2H3. The maximum Gasteiger partial charge on any atom is 0.123 e. The molecule has 2 aromatic carbocycles. The molecule has 0 saturated carbocycles. The quantitative estimate of drug-likeness (QED) is 0.739. The number of aromatic nitrogens is 1. The minimum atomic E-state index is -0.206. The lowest BCUT2D eigenvalue weighted by atomic mass is 10.1. The molecule has 0 aliphatic heterocycles. The van der Waals surface area contributed by atoms with E-state index in [1.807, 2.05) is 31.2 Å². The summed E-state index contributed by atoms with van der Waals surface area (Å²) in [5.74, 6) is -0.206. The largest absolute Gasteiger partial charge is 0.378 e. The van der Waals surface area contributed by atoms with Crippen molar-refractivity contribution in [3.05, 3.63) is 58.9 Å². The highest BCUT2D eigenvalue weighted by atomic mass is 32.1. The molecule has 0 bridgehead atoms. The van der Waals surface area contributed by atoms with Crippen molar-refractivity contribution in [1.82, 2.24) is 4.98 Å². The van der Waals surface area contributed by atoms with Crippen LogP contribution in [0.5, 0.6) is 0 Å². The number of nitrogens with one attached hydrogen (secondary N) is 1. The lowest BCUT2D eigenvalue weighted by molar-refractivity contribution is 0.626. The summed E-state index contributed by atoms with van der Waals surface area (Å²) in [6.45, 7) is 4.08. The number of fused-ring (bicyclic) bond motifs is 1. The van der Waals surface area contributed by atoms with Crippen LogP contribution in [0.3, 0.4) is 0 Å². The van der Waals surface area contributed by atoms with Gasteiger partial charge in [0.05, 0.1) is 15.2 Å². The molecule has 0 aliphatic rings. The van der Waals surface area contributed by atoms with Gasteiger partial charge in [-0.15, -0.1) is 11.3 Å². The van der Waals surface area contributed by atoms with E-state index in [1.54, 1.807) is 11.3 Å². The van der Waals surface area contributed by atoms with Crippen LogP contribution in [-0.2, 0) is 0 Å². The van der Waals surface area contributed by atoms with Crippen molar-refractivity contribution in [3.63, 3.8) is 0 Å². The molecule has 1 N–H and O–H groups in total. The molecule has 0 aliphatic carbocycles. The Morgan fingerprint density at radius 3 is 2.65 bits per heavy atom. The van der Waals surface area contributed by atoms with Crippen molar-refractivity contribution >= 4 is 27.2 Å². The van der Waals surface area contributed by atoms with Crippen molar-refractivity contribution in [3.8, 4) is 0 Å². The predicted octanol–water partition coefficient (Wildman–Crippen LogP) is 4.92. The van der Waals surface area contributed by atoms with Crippen LogP contribution >= 0.6 is 11.3 Å². The Balaban J connectivity index is 1.82. The van der Waals surface area contributed by atoms with Gasteiger partial charge in [-0.25, -0.2) is 9.37 Å². The first-order chi connectivity index (χ1) is 9.61. The highest BCUT2D eigenvalue weighted by Crippen LogP contribution is 2.27. The number of nitrogens with zero attached hydrogens (tertiary/aromatic N) is 1. The van der Waals surface area contributed by atoms with Crippen LogP contribution in [0, 0.1) is 12.7 Å². The summed E-state index contributed by atoms with van der Waals surface area (Å²) in [6, 6.07) is 12.9. The van der Waals surface area contributed by atoms with E-state index in [0.717, 1.165) is 21.8 Å². The Kier molecular flexibility index (Phi) is 3.40. The molecule has 2 nitrogen and oxygen atoms in total. The van der Waals surface area contributed by atoms with Crippen LogP contribution in [0.25, 0.3) is 10.2 Å². The van der Waals surface area contributed by atoms with Crippen LogP contribution < -0.4 is 5.32 Å². The van der Waals surface area contributed by atoms with Crippen molar-refractivity contribution in [2.75, 3.05) is 5.32 Å². The number of aryl methyl sites for hydroxylation is 1. The van der Waals surface area contributed by atoms with E-state index < -0.39 is 0 Å². The highest BCUT2D eigenvalue weighted by molar-refractivity contribution is 7.18. The molecule has 102 valence electrons. The Labute approximate surface area is 121 Å². The van der Waals surface area contributed by atoms with Crippen LogP contribution in [0.15, 0.2) is 42.5 Å². The molecule has 0 saturated heterocycles. The number of thiazole rings is 1. The van der Waals surface area contributed by atoms with E-state index in [2.05, 4.69) is 23.3 Å². The molecule has 3 aromatic rings. The van der Waals surface area contributed by atoms with E-state index in [4.69, 9.17) is 0 Å². The number of hydrogen-bond donors (Lipinski definition) is 1. The van der Waals surface area contributed by atoms with Gasteiger partial charge in [0.1, 0.15) is 5.82 Å². The molecule has 4 heteroatoms. The second-order valence-electron chi connectivity index (χ2n) is 4.83. The predicted molar refractivity (Wildman–Crippen MR) is 82.8 cm³/mol. The zero-order valence-electron chi connectivity index (χ0n) is 11.4. The lowest BCUT2D eigenvalue weighted by Crippen LogP contribution is -2.06. The molecule has 1 atom stereocenters. The summed E-state index contributed by atoms with van der Waals surface area (Å²) in [4.78, 5) is 4.45. The first kappa shape index (κ1) is 13.1. The fourth-order valence-electron chi connectivity index (χ4n) is 2.21. The molecule has 0 spiro atoms. The Morgan fingerprint density at radius 2 is 1.90 bits per heavy atom. The second-order valence-corrected chi connectivity index (χ2v) is 6.07. The van der Waals surface area contributed by atoms with Crippen molar-refractivity contribution in [1.29, 1.82) is 0 Å². The van der Waals surface area contributed by atoms with Gasteiger partial charge in [0.25, 0.3) is 0 Å². The summed E-state index contributed by atoms with van der Waals surface area (Å²) >= 11 is 1.69. The zero-order valence-corrected chi connectivity index (χ0v) is 12.2. The average molecular weight is 286 g/mol. The monoisotopic (exact) mass is 286 g/mol. The zero-order chi connectivity index (χ0) is 14.1. The van der Waals surface area contributed by atoms with E-state index in [-0.39, 0.29) is 11.9 Å². The normalized spacial score (nSPS) is 12.6. The minimum Gasteiger partial charge on any atom is -0.378 e. The summed E-state index contributed by atoms with van der Waals surface area (Å²) in [5, 5.41) is 4.51. The molecule has 3 rings (SSSR count). The Morgan fingerprint density at radius 1 is 1.15 bits per heavy atom. The average Bonchev–Trinajstić information content (AvgIpc) is 2.78. The van der Waals surface area contributed by atoms with E-state index in [9.17, 15) is 4.39 Å². The molecule has 1 unspecified atom stereocenters. The maximum absolute atomic E-state index is 12.9. The fourth-order valence-corrected chi connectivity index (χ4v) is 3.08. The van der Waals surface area contributed by atoms with Crippen molar-refractivity contribution in [2.24, 2.45) is 0 Å². The Hall–Kier alpha value is -1.94. The fraction of sp³-hybridized carbons (Fsp3) is 0.188. The number of anilines is 1. The number of halogens is 1. The highest BCUT2D eigenvalue weighted by Gasteiger charge is 2.07. The van der Waals surface area contributed by atoms with Gasteiger partial charge < -0.3 is 5.32 Å². The summed E-state index contributed by atoms with van der Waals surface area (Å²) in [7, 11) is 0. The third kappa shape index (κ3) is 2.65. The smallest absolute Gasteiger partial charge is 0.123 e. The SMILES string of the molecule is Cc1nc2ccc(NC(C)c3ccc(F)cc3)cc2s1. The van der Waals surface area contributed by atoms with Crippen molar-refractivity contribution < 1.29 is 4.39 Å². The first-order valence-electron chi connectivity index (χ1n) is 6.51. The van der Waals surface area contributed by atoms with E-state index >= 15 is 0 Å². The molecule has 1 heterocycles. The molecule has 0 fully saturated rings. The molecular formula is C16H15FN2S. The summed E-state index contributed by atoms with van der Waals surface area (Å²) in [5.41, 5.74) is 3.15. The number of rotatable bonds is 3. The van der Waals surface area contributed by atoms with Gasteiger partial charge >= 0.3 is 0 Å². The van der Waals surface area contributed by atoms with Gasteiger partial charge in [0.2, 0.25) is 0 Å². The maximum atomic E-state index is 12.9. The van der Waals surface area contributed by atoms with E-state index in [1.165, 1.54) is 16.8 Å². The molecule has 0 amide bonds. The number of benzene rings is 2. The molecule has 0 radical (unpaired) electrons. The molecule has 20 heavy (non-hydrogen) atoms. The molecular weight excluding hydrogens is 271 g/mol. The van der Waals surface area contributed by atoms with Crippen LogP contribution in [0.1, 0.15) is 23.5 Å². The third-order valence-corrected chi connectivity index (χ3v) is 4.18. The third-order valence-electron chi connectivity index (χ3n) is 3.25. The summed E-state index contributed by atoms with van der Waals surface area (Å²) < 4.78 is 14.1. The lowest BCUT2D eigenvalue weighted by Gasteiger charge is -2.15. The van der Waals surface area contributed by atoms with Gasteiger partial charge in [0.15, 0.2) is 0 Å². The van der Waals surface area contributed by atoms with Gasteiger partial charge in [-0.2, -0.15) is 0 Å².